The average Bonchev–Trinajstić information content (AvgIpc) is 2.35. The quantitative estimate of drug-likeness (QED) is 0.325. The van der Waals surface area contributed by atoms with Gasteiger partial charge in [0.05, 0.1) is 6.10 Å². The number of esters is 1. The van der Waals surface area contributed by atoms with E-state index >= 15 is 0 Å². The largest absolute Gasteiger partial charge is 0.459 e. The van der Waals surface area contributed by atoms with Crippen LogP contribution in [0.4, 0.5) is 0 Å². The highest BCUT2D eigenvalue weighted by atomic mass is 16.5. The van der Waals surface area contributed by atoms with Crippen molar-refractivity contribution >= 4 is 11.8 Å². The van der Waals surface area contributed by atoms with Gasteiger partial charge in [-0.1, -0.05) is 18.6 Å². The zero-order chi connectivity index (χ0) is 13.5. The summed E-state index contributed by atoms with van der Waals surface area (Å²) in [5, 5.41) is 0. The second-order valence-electron chi connectivity index (χ2n) is 4.81. The maximum Gasteiger partial charge on any atom is 0.342 e. The van der Waals surface area contributed by atoms with Crippen molar-refractivity contribution in [1.82, 2.24) is 0 Å². The van der Waals surface area contributed by atoms with Crippen LogP contribution in [0.1, 0.15) is 52.9 Å². The summed E-state index contributed by atoms with van der Waals surface area (Å²) in [6.45, 7) is 5.33. The Kier molecular flexibility index (Phi) is 5.83. The van der Waals surface area contributed by atoms with Gasteiger partial charge in [-0.2, -0.15) is 0 Å². The summed E-state index contributed by atoms with van der Waals surface area (Å²) in [4.78, 5) is 23.7. The van der Waals surface area contributed by atoms with Crippen LogP contribution < -0.4 is 0 Å². The zero-order valence-corrected chi connectivity index (χ0v) is 11.5. The lowest BCUT2D eigenvalue weighted by molar-refractivity contribution is -0.143. The van der Waals surface area contributed by atoms with Crippen LogP contribution in [0.25, 0.3) is 0 Å². The highest BCUT2D eigenvalue weighted by Crippen LogP contribution is 2.20. The SMILES string of the molecule is CCC(=O)C(=CC1=CCCCC1)C(=O)OC(C)C. The second-order valence-corrected chi connectivity index (χ2v) is 4.81. The summed E-state index contributed by atoms with van der Waals surface area (Å²) in [5.74, 6) is -0.643. The predicted molar refractivity (Wildman–Crippen MR) is 71.2 cm³/mol. The van der Waals surface area contributed by atoms with Gasteiger partial charge in [-0.05, 0) is 45.6 Å². The molecular formula is C15H22O3. The smallest absolute Gasteiger partial charge is 0.342 e. The molecule has 0 spiro atoms. The highest BCUT2D eigenvalue weighted by Gasteiger charge is 2.20. The van der Waals surface area contributed by atoms with Gasteiger partial charge in [0, 0.05) is 6.42 Å². The van der Waals surface area contributed by atoms with Gasteiger partial charge in [0.25, 0.3) is 0 Å². The molecule has 0 saturated heterocycles. The summed E-state index contributed by atoms with van der Waals surface area (Å²) >= 11 is 0. The van der Waals surface area contributed by atoms with Crippen molar-refractivity contribution in [3.05, 3.63) is 23.3 Å². The normalized spacial score (nSPS) is 16.4. The molecule has 1 aliphatic carbocycles. The van der Waals surface area contributed by atoms with Crippen molar-refractivity contribution in [2.75, 3.05) is 0 Å². The Bertz CT molecular complexity index is 375. The number of hydrogen-bond donors (Lipinski definition) is 0. The van der Waals surface area contributed by atoms with E-state index < -0.39 is 5.97 Å². The molecule has 0 saturated carbocycles. The van der Waals surface area contributed by atoms with Crippen LogP contribution in [0.5, 0.6) is 0 Å². The number of allylic oxidation sites excluding steroid dienone is 3. The Morgan fingerprint density at radius 1 is 1.39 bits per heavy atom. The minimum absolute atomic E-state index is 0.146. The molecule has 0 fully saturated rings. The Balaban J connectivity index is 2.90. The van der Waals surface area contributed by atoms with Gasteiger partial charge in [-0.25, -0.2) is 4.79 Å². The van der Waals surface area contributed by atoms with Gasteiger partial charge >= 0.3 is 5.97 Å². The minimum atomic E-state index is -0.497. The number of carbonyl (C=O) groups is 2. The first-order valence-electron chi connectivity index (χ1n) is 6.69. The van der Waals surface area contributed by atoms with E-state index in [0.29, 0.717) is 6.42 Å². The molecule has 0 unspecified atom stereocenters. The number of rotatable bonds is 5. The molecule has 18 heavy (non-hydrogen) atoms. The standard InChI is InChI=1S/C15H22O3/c1-4-14(16)13(15(17)18-11(2)3)10-12-8-6-5-7-9-12/h8,10-11H,4-7,9H2,1-3H3. The van der Waals surface area contributed by atoms with Crippen molar-refractivity contribution in [2.24, 2.45) is 0 Å². The van der Waals surface area contributed by atoms with Crippen molar-refractivity contribution in [1.29, 1.82) is 0 Å². The van der Waals surface area contributed by atoms with Crippen molar-refractivity contribution in [3.8, 4) is 0 Å². The molecule has 0 bridgehead atoms. The fourth-order valence-electron chi connectivity index (χ4n) is 1.90. The van der Waals surface area contributed by atoms with Gasteiger partial charge in [0.2, 0.25) is 0 Å². The van der Waals surface area contributed by atoms with Crippen LogP contribution in [-0.4, -0.2) is 17.9 Å². The maximum atomic E-state index is 11.9. The molecule has 1 aliphatic rings. The molecule has 0 heterocycles. The number of ether oxygens (including phenoxy) is 1. The Labute approximate surface area is 109 Å². The molecule has 0 N–H and O–H groups in total. The fraction of sp³-hybridized carbons (Fsp3) is 0.600. The third-order valence-electron chi connectivity index (χ3n) is 2.84. The van der Waals surface area contributed by atoms with Crippen LogP contribution in [0.2, 0.25) is 0 Å². The van der Waals surface area contributed by atoms with Gasteiger partial charge in [0.1, 0.15) is 5.57 Å². The number of ketones is 1. The summed E-state index contributed by atoms with van der Waals surface area (Å²) in [6, 6.07) is 0. The predicted octanol–water partition coefficient (Wildman–Crippen LogP) is 3.34. The van der Waals surface area contributed by atoms with Crippen LogP contribution in [-0.2, 0) is 14.3 Å². The van der Waals surface area contributed by atoms with E-state index in [2.05, 4.69) is 6.08 Å². The summed E-state index contributed by atoms with van der Waals surface area (Å²) in [7, 11) is 0. The van der Waals surface area contributed by atoms with Crippen LogP contribution in [0.15, 0.2) is 23.3 Å². The van der Waals surface area contributed by atoms with E-state index in [1.54, 1.807) is 26.8 Å². The minimum Gasteiger partial charge on any atom is -0.459 e. The van der Waals surface area contributed by atoms with Crippen molar-refractivity contribution < 1.29 is 14.3 Å². The van der Waals surface area contributed by atoms with Crippen LogP contribution >= 0.6 is 0 Å². The lowest BCUT2D eigenvalue weighted by atomic mass is 9.96. The molecular weight excluding hydrogens is 228 g/mol. The summed E-state index contributed by atoms with van der Waals surface area (Å²) < 4.78 is 5.12. The third kappa shape index (κ3) is 4.47. The average molecular weight is 250 g/mol. The monoisotopic (exact) mass is 250 g/mol. The first-order chi connectivity index (χ1) is 8.54. The van der Waals surface area contributed by atoms with Crippen LogP contribution in [0, 0.1) is 0 Å². The summed E-state index contributed by atoms with van der Waals surface area (Å²) in [6.07, 6.45) is 8.22. The number of hydrogen-bond acceptors (Lipinski definition) is 3. The second kappa shape index (κ2) is 7.14. The van der Waals surface area contributed by atoms with Gasteiger partial charge < -0.3 is 4.74 Å². The first-order valence-corrected chi connectivity index (χ1v) is 6.69. The topological polar surface area (TPSA) is 43.4 Å². The zero-order valence-electron chi connectivity index (χ0n) is 11.5. The molecule has 0 atom stereocenters. The van der Waals surface area contributed by atoms with E-state index in [1.165, 1.54) is 6.42 Å². The van der Waals surface area contributed by atoms with Crippen molar-refractivity contribution in [2.45, 2.75) is 59.0 Å². The lowest BCUT2D eigenvalue weighted by Gasteiger charge is -2.12. The van der Waals surface area contributed by atoms with Gasteiger partial charge in [-0.15, -0.1) is 0 Å². The molecule has 0 amide bonds. The molecule has 0 aromatic heterocycles. The van der Waals surface area contributed by atoms with Crippen LogP contribution in [0.3, 0.4) is 0 Å². The van der Waals surface area contributed by atoms with E-state index in [9.17, 15) is 9.59 Å². The van der Waals surface area contributed by atoms with Crippen molar-refractivity contribution in [3.63, 3.8) is 0 Å². The third-order valence-corrected chi connectivity index (χ3v) is 2.84. The molecule has 0 aromatic carbocycles. The summed E-state index contributed by atoms with van der Waals surface area (Å²) in [5.41, 5.74) is 1.28. The Morgan fingerprint density at radius 3 is 2.61 bits per heavy atom. The number of carbonyl (C=O) groups excluding carboxylic acids is 2. The lowest BCUT2D eigenvalue weighted by Crippen LogP contribution is -2.19. The van der Waals surface area contributed by atoms with Gasteiger partial charge in [0.15, 0.2) is 5.78 Å². The maximum absolute atomic E-state index is 11.9. The molecule has 0 radical (unpaired) electrons. The molecule has 3 heteroatoms. The molecule has 0 aromatic rings. The molecule has 3 nitrogen and oxygen atoms in total. The van der Waals surface area contributed by atoms with Gasteiger partial charge in [-0.3, -0.25) is 4.79 Å². The van der Waals surface area contributed by atoms with E-state index in [0.717, 1.165) is 24.8 Å². The van der Waals surface area contributed by atoms with E-state index in [4.69, 9.17) is 4.74 Å². The fourth-order valence-corrected chi connectivity index (χ4v) is 1.90. The highest BCUT2D eigenvalue weighted by molar-refractivity contribution is 6.17. The Morgan fingerprint density at radius 2 is 2.11 bits per heavy atom. The molecule has 0 aliphatic heterocycles. The molecule has 1 rings (SSSR count). The van der Waals surface area contributed by atoms with E-state index in [1.807, 2.05) is 0 Å². The number of Topliss-reactive ketones (excluding diaryl/α,β-unsaturated/α-hetero) is 1. The van der Waals surface area contributed by atoms with E-state index in [-0.39, 0.29) is 17.5 Å². The first kappa shape index (κ1) is 14.7. The Hall–Kier alpha value is -1.38. The molecule has 100 valence electrons.